The molecule has 0 aliphatic heterocycles. The third-order valence-electron chi connectivity index (χ3n) is 3.45. The number of imidazole rings is 1. The van der Waals surface area contributed by atoms with Gasteiger partial charge < -0.3 is 15.0 Å². The van der Waals surface area contributed by atoms with Crippen molar-refractivity contribution in [3.8, 4) is 0 Å². The first-order chi connectivity index (χ1) is 11.0. The largest absolute Gasteiger partial charge is 0.450 e. The van der Waals surface area contributed by atoms with E-state index in [0.29, 0.717) is 18.9 Å². The van der Waals surface area contributed by atoms with Crippen LogP contribution in [-0.2, 0) is 18.2 Å². The molecule has 0 saturated heterocycles. The predicted molar refractivity (Wildman–Crippen MR) is 91.7 cm³/mol. The van der Waals surface area contributed by atoms with E-state index in [-0.39, 0.29) is 0 Å². The summed E-state index contributed by atoms with van der Waals surface area (Å²) in [4.78, 5) is 16.6. The van der Waals surface area contributed by atoms with Gasteiger partial charge in [-0.05, 0) is 24.5 Å². The number of aromatic nitrogens is 2. The molecule has 0 bridgehead atoms. The Morgan fingerprint density at radius 1 is 1.35 bits per heavy atom. The maximum Gasteiger partial charge on any atom is 0.404 e. The molecule has 0 fully saturated rings. The van der Waals surface area contributed by atoms with Gasteiger partial charge in [-0.2, -0.15) is 0 Å². The Morgan fingerprint density at radius 2 is 2.04 bits per heavy atom. The molecule has 0 atom stereocenters. The lowest BCUT2D eigenvalue weighted by Gasteiger charge is -2.08. The summed E-state index contributed by atoms with van der Waals surface area (Å²) in [6.45, 7) is 4.62. The van der Waals surface area contributed by atoms with Crippen LogP contribution < -0.4 is 5.73 Å². The minimum Gasteiger partial charge on any atom is -0.450 e. The number of carbonyl (C=O) groups is 1. The monoisotopic (exact) mass is 333 g/mol. The number of hydrogen-bond acceptors (Lipinski definition) is 4. The third kappa shape index (κ3) is 4.76. The fourth-order valence-corrected chi connectivity index (χ4v) is 3.42. The summed E-state index contributed by atoms with van der Waals surface area (Å²) in [5.41, 5.74) is 6.07. The molecule has 1 aromatic heterocycles. The molecule has 6 heteroatoms. The van der Waals surface area contributed by atoms with Gasteiger partial charge in [0.25, 0.3) is 0 Å². The van der Waals surface area contributed by atoms with E-state index in [9.17, 15) is 4.79 Å². The number of ether oxygens (including phenoxy) is 1. The first-order valence-electron chi connectivity index (χ1n) is 7.69. The molecular weight excluding hydrogens is 310 g/mol. The molecule has 1 amide bonds. The number of hydrogen-bond donors (Lipinski definition) is 1. The molecule has 2 aromatic rings. The van der Waals surface area contributed by atoms with Gasteiger partial charge >= 0.3 is 6.09 Å². The maximum absolute atomic E-state index is 10.6. The molecule has 2 rings (SSSR count). The van der Waals surface area contributed by atoms with E-state index < -0.39 is 6.09 Å². The van der Waals surface area contributed by atoms with Crippen LogP contribution in [0.5, 0.6) is 0 Å². The van der Waals surface area contributed by atoms with Crippen molar-refractivity contribution in [1.29, 1.82) is 0 Å². The molecule has 23 heavy (non-hydrogen) atoms. The summed E-state index contributed by atoms with van der Waals surface area (Å²) in [7, 11) is 2.04. The summed E-state index contributed by atoms with van der Waals surface area (Å²) in [6.07, 6.45) is 0.729. The molecule has 5 nitrogen and oxygen atoms in total. The van der Waals surface area contributed by atoms with Gasteiger partial charge in [0.15, 0.2) is 0 Å². The normalized spacial score (nSPS) is 11.0. The van der Waals surface area contributed by atoms with Crippen LogP contribution in [0.1, 0.15) is 37.7 Å². The SMILES string of the molecule is CC(C)c1nc(CCCOC(N)=O)n(C)c1Sc1ccccc1. The lowest BCUT2D eigenvalue weighted by molar-refractivity contribution is 0.155. The Labute approximate surface area is 141 Å². The molecule has 0 aliphatic carbocycles. The van der Waals surface area contributed by atoms with Crippen molar-refractivity contribution in [2.45, 2.75) is 42.5 Å². The van der Waals surface area contributed by atoms with E-state index in [1.807, 2.05) is 25.2 Å². The van der Waals surface area contributed by atoms with Crippen molar-refractivity contribution >= 4 is 17.9 Å². The molecule has 0 unspecified atom stereocenters. The summed E-state index contributed by atoms with van der Waals surface area (Å²) in [5.74, 6) is 1.35. The van der Waals surface area contributed by atoms with Gasteiger partial charge in [0.1, 0.15) is 10.9 Å². The number of rotatable bonds is 7. The van der Waals surface area contributed by atoms with E-state index in [4.69, 9.17) is 15.5 Å². The van der Waals surface area contributed by atoms with Crippen LogP contribution >= 0.6 is 11.8 Å². The zero-order chi connectivity index (χ0) is 16.8. The number of primary amides is 1. The molecule has 0 spiro atoms. The molecule has 0 aliphatic rings. The van der Waals surface area contributed by atoms with Crippen molar-refractivity contribution in [2.24, 2.45) is 12.8 Å². The number of nitrogens with two attached hydrogens (primary N) is 1. The van der Waals surface area contributed by atoms with Crippen molar-refractivity contribution in [3.05, 3.63) is 41.9 Å². The highest BCUT2D eigenvalue weighted by atomic mass is 32.2. The van der Waals surface area contributed by atoms with Gasteiger partial charge in [0.2, 0.25) is 0 Å². The molecule has 0 saturated carbocycles. The van der Waals surface area contributed by atoms with Crippen LogP contribution in [0.3, 0.4) is 0 Å². The second-order valence-electron chi connectivity index (χ2n) is 5.62. The molecular formula is C17H23N3O2S. The highest BCUT2D eigenvalue weighted by Gasteiger charge is 2.18. The van der Waals surface area contributed by atoms with E-state index in [0.717, 1.165) is 23.0 Å². The van der Waals surface area contributed by atoms with Gasteiger partial charge in [-0.3, -0.25) is 0 Å². The predicted octanol–water partition coefficient (Wildman–Crippen LogP) is 3.72. The molecule has 2 N–H and O–H groups in total. The molecule has 0 radical (unpaired) electrons. The van der Waals surface area contributed by atoms with Gasteiger partial charge in [-0.1, -0.05) is 43.8 Å². The number of carbonyl (C=O) groups excluding carboxylic acids is 1. The van der Waals surface area contributed by atoms with E-state index in [1.165, 1.54) is 4.90 Å². The Hall–Kier alpha value is -1.95. The van der Waals surface area contributed by atoms with Crippen molar-refractivity contribution in [3.63, 3.8) is 0 Å². The average Bonchev–Trinajstić information content (AvgIpc) is 2.82. The van der Waals surface area contributed by atoms with Crippen molar-refractivity contribution < 1.29 is 9.53 Å². The summed E-state index contributed by atoms with van der Waals surface area (Å²) < 4.78 is 6.92. The van der Waals surface area contributed by atoms with E-state index in [1.54, 1.807) is 11.8 Å². The fraction of sp³-hybridized carbons (Fsp3) is 0.412. The lowest BCUT2D eigenvalue weighted by Crippen LogP contribution is -2.14. The number of amides is 1. The number of nitrogens with zero attached hydrogens (tertiary/aromatic N) is 2. The average molecular weight is 333 g/mol. The second kappa shape index (κ2) is 8.06. The van der Waals surface area contributed by atoms with Crippen molar-refractivity contribution in [2.75, 3.05) is 6.61 Å². The minimum absolute atomic E-state index is 0.320. The Bertz CT molecular complexity index is 653. The van der Waals surface area contributed by atoms with Gasteiger partial charge in [0, 0.05) is 18.4 Å². The standard InChI is InChI=1S/C17H23N3O2S/c1-12(2)15-16(23-13-8-5-4-6-9-13)20(3)14(19-15)10-7-11-22-17(18)21/h4-6,8-9,12H,7,10-11H2,1-3H3,(H2,18,21). The van der Waals surface area contributed by atoms with Crippen LogP contribution in [0.4, 0.5) is 4.79 Å². The highest BCUT2D eigenvalue weighted by Crippen LogP contribution is 2.34. The van der Waals surface area contributed by atoms with Crippen LogP contribution in [0, 0.1) is 0 Å². The highest BCUT2D eigenvalue weighted by molar-refractivity contribution is 7.99. The van der Waals surface area contributed by atoms with Crippen LogP contribution in [0.2, 0.25) is 0 Å². The topological polar surface area (TPSA) is 70.1 Å². The van der Waals surface area contributed by atoms with Crippen LogP contribution in [0.25, 0.3) is 0 Å². The third-order valence-corrected chi connectivity index (χ3v) is 4.64. The zero-order valence-electron chi connectivity index (χ0n) is 13.8. The quantitative estimate of drug-likeness (QED) is 0.784. The second-order valence-corrected chi connectivity index (χ2v) is 6.68. The smallest absolute Gasteiger partial charge is 0.404 e. The molecule has 1 aromatic carbocycles. The molecule has 1 heterocycles. The summed E-state index contributed by atoms with van der Waals surface area (Å²) in [6, 6.07) is 10.3. The fourth-order valence-electron chi connectivity index (χ4n) is 2.27. The first-order valence-corrected chi connectivity index (χ1v) is 8.51. The van der Waals surface area contributed by atoms with Gasteiger partial charge in [-0.25, -0.2) is 9.78 Å². The first kappa shape index (κ1) is 17.4. The number of aryl methyl sites for hydroxylation is 1. The van der Waals surface area contributed by atoms with Gasteiger partial charge in [-0.15, -0.1) is 0 Å². The van der Waals surface area contributed by atoms with Crippen molar-refractivity contribution in [1.82, 2.24) is 9.55 Å². The van der Waals surface area contributed by atoms with Crippen LogP contribution in [0.15, 0.2) is 40.3 Å². The summed E-state index contributed by atoms with van der Waals surface area (Å²) in [5, 5.41) is 1.16. The maximum atomic E-state index is 10.6. The number of benzene rings is 1. The molecule has 124 valence electrons. The minimum atomic E-state index is -0.729. The Morgan fingerprint density at radius 3 is 2.65 bits per heavy atom. The summed E-state index contributed by atoms with van der Waals surface area (Å²) >= 11 is 1.73. The zero-order valence-corrected chi connectivity index (χ0v) is 14.6. The van der Waals surface area contributed by atoms with Gasteiger partial charge in [0.05, 0.1) is 12.3 Å². The van der Waals surface area contributed by atoms with E-state index >= 15 is 0 Å². The van der Waals surface area contributed by atoms with Crippen LogP contribution in [-0.4, -0.2) is 22.3 Å². The lowest BCUT2D eigenvalue weighted by atomic mass is 10.1. The van der Waals surface area contributed by atoms with E-state index in [2.05, 4.69) is 30.5 Å². The Balaban J connectivity index is 2.15. The Kier molecular flexibility index (Phi) is 6.10.